The first-order chi connectivity index (χ1) is 8.90. The summed E-state index contributed by atoms with van der Waals surface area (Å²) in [5.41, 5.74) is 0.409. The van der Waals surface area contributed by atoms with Crippen LogP contribution in [0.1, 0.15) is 31.4 Å². The van der Waals surface area contributed by atoms with Crippen LogP contribution in [0, 0.1) is 12.8 Å². The maximum atomic E-state index is 12.1. The Morgan fingerprint density at radius 3 is 2.74 bits per heavy atom. The van der Waals surface area contributed by atoms with Crippen LogP contribution in [-0.4, -0.2) is 31.2 Å². The van der Waals surface area contributed by atoms with E-state index in [-0.39, 0.29) is 21.1 Å². The average molecular weight is 325 g/mol. The van der Waals surface area contributed by atoms with E-state index in [9.17, 15) is 13.5 Å². The zero-order valence-electron chi connectivity index (χ0n) is 10.6. The molecular formula is C11H17ClN2O3S2. The molecule has 1 aliphatic carbocycles. The first-order valence-corrected chi connectivity index (χ1v) is 8.88. The fourth-order valence-electron chi connectivity index (χ4n) is 2.31. The standard InChI is InChI=1S/C11H17ClN2O3S2/c1-7-10(18-11(12)14-7)19(16,17)13-6-8-4-2-3-5-9(8)15/h8-9,13,15H,2-6H2,1H3. The zero-order chi connectivity index (χ0) is 14.0. The fourth-order valence-corrected chi connectivity index (χ4v) is 5.18. The number of halogens is 1. The van der Waals surface area contributed by atoms with Crippen molar-refractivity contribution in [2.75, 3.05) is 6.54 Å². The first kappa shape index (κ1) is 15.2. The third-order valence-electron chi connectivity index (χ3n) is 3.38. The van der Waals surface area contributed by atoms with Gasteiger partial charge in [0.15, 0.2) is 8.68 Å². The van der Waals surface area contributed by atoms with Crippen molar-refractivity contribution in [3.63, 3.8) is 0 Å². The summed E-state index contributed by atoms with van der Waals surface area (Å²) < 4.78 is 27.2. The Hall–Kier alpha value is -0.210. The van der Waals surface area contributed by atoms with Gasteiger partial charge < -0.3 is 5.11 Å². The molecule has 1 aliphatic rings. The predicted octanol–water partition coefficient (Wildman–Crippen LogP) is 1.93. The Labute approximate surface area is 122 Å². The van der Waals surface area contributed by atoms with E-state index >= 15 is 0 Å². The van der Waals surface area contributed by atoms with Crippen LogP contribution in [-0.2, 0) is 10.0 Å². The number of hydrogen-bond acceptors (Lipinski definition) is 5. The average Bonchev–Trinajstić information content (AvgIpc) is 2.68. The Bertz CT molecular complexity index is 544. The van der Waals surface area contributed by atoms with Gasteiger partial charge in [-0.05, 0) is 25.7 Å². The van der Waals surface area contributed by atoms with Gasteiger partial charge in [0.1, 0.15) is 0 Å². The number of rotatable bonds is 4. The Morgan fingerprint density at radius 1 is 1.47 bits per heavy atom. The molecule has 0 spiro atoms. The van der Waals surface area contributed by atoms with Gasteiger partial charge in [-0.1, -0.05) is 35.8 Å². The van der Waals surface area contributed by atoms with E-state index in [1.54, 1.807) is 6.92 Å². The van der Waals surface area contributed by atoms with Gasteiger partial charge in [-0.2, -0.15) is 0 Å². The topological polar surface area (TPSA) is 79.3 Å². The highest BCUT2D eigenvalue weighted by atomic mass is 35.5. The monoisotopic (exact) mass is 324 g/mol. The minimum absolute atomic E-state index is 0.00720. The van der Waals surface area contributed by atoms with Crippen LogP contribution in [0.4, 0.5) is 0 Å². The van der Waals surface area contributed by atoms with E-state index in [1.165, 1.54) is 0 Å². The summed E-state index contributed by atoms with van der Waals surface area (Å²) >= 11 is 6.67. The molecule has 1 saturated carbocycles. The maximum Gasteiger partial charge on any atom is 0.251 e. The van der Waals surface area contributed by atoms with Gasteiger partial charge in [-0.25, -0.2) is 18.1 Å². The van der Waals surface area contributed by atoms with Crippen molar-refractivity contribution in [2.24, 2.45) is 5.92 Å². The van der Waals surface area contributed by atoms with Gasteiger partial charge in [-0.15, -0.1) is 0 Å². The smallest absolute Gasteiger partial charge is 0.251 e. The molecule has 0 amide bonds. The summed E-state index contributed by atoms with van der Waals surface area (Å²) in [4.78, 5) is 3.90. The van der Waals surface area contributed by atoms with E-state index in [2.05, 4.69) is 9.71 Å². The minimum atomic E-state index is -3.58. The van der Waals surface area contributed by atoms with Gasteiger partial charge in [0.05, 0.1) is 11.8 Å². The number of aromatic nitrogens is 1. The van der Waals surface area contributed by atoms with E-state index in [4.69, 9.17) is 11.6 Å². The number of thiazole rings is 1. The van der Waals surface area contributed by atoms with E-state index in [0.717, 1.165) is 37.0 Å². The quantitative estimate of drug-likeness (QED) is 0.887. The first-order valence-electron chi connectivity index (χ1n) is 6.21. The molecular weight excluding hydrogens is 308 g/mol. The van der Waals surface area contributed by atoms with Crippen molar-refractivity contribution < 1.29 is 13.5 Å². The van der Waals surface area contributed by atoms with Crippen LogP contribution in [0.2, 0.25) is 4.47 Å². The summed E-state index contributed by atoms with van der Waals surface area (Å²) in [5.74, 6) is -0.00720. The molecule has 5 nitrogen and oxygen atoms in total. The number of hydrogen-bond donors (Lipinski definition) is 2. The molecule has 0 aromatic carbocycles. The van der Waals surface area contributed by atoms with Gasteiger partial charge in [-0.3, -0.25) is 0 Å². The third kappa shape index (κ3) is 3.66. The Balaban J connectivity index is 2.03. The number of aliphatic hydroxyl groups excluding tert-OH is 1. The molecule has 8 heteroatoms. The summed E-state index contributed by atoms with van der Waals surface area (Å²) in [6.07, 6.45) is 3.23. The number of aryl methyl sites for hydroxylation is 1. The SMILES string of the molecule is Cc1nc(Cl)sc1S(=O)(=O)NCC1CCCCC1O. The second-order valence-electron chi connectivity index (χ2n) is 4.80. The summed E-state index contributed by atoms with van der Waals surface area (Å²) in [5, 5.41) is 9.83. The lowest BCUT2D eigenvalue weighted by atomic mass is 9.87. The molecule has 108 valence electrons. The van der Waals surface area contributed by atoms with E-state index in [1.807, 2.05) is 0 Å². The minimum Gasteiger partial charge on any atom is -0.393 e. The molecule has 1 fully saturated rings. The number of nitrogens with one attached hydrogen (secondary N) is 1. The molecule has 0 bridgehead atoms. The summed E-state index contributed by atoms with van der Waals surface area (Å²) in [6.45, 7) is 1.88. The Morgan fingerprint density at radius 2 is 2.16 bits per heavy atom. The van der Waals surface area contributed by atoms with Crippen LogP contribution in [0.5, 0.6) is 0 Å². The molecule has 0 aliphatic heterocycles. The molecule has 1 heterocycles. The fraction of sp³-hybridized carbons (Fsp3) is 0.727. The number of aliphatic hydroxyl groups is 1. The summed E-state index contributed by atoms with van der Waals surface area (Å²) in [6, 6.07) is 0. The lowest BCUT2D eigenvalue weighted by Crippen LogP contribution is -2.36. The molecule has 2 atom stereocenters. The second-order valence-corrected chi connectivity index (χ2v) is 8.35. The highest BCUT2D eigenvalue weighted by molar-refractivity contribution is 7.91. The molecule has 0 radical (unpaired) electrons. The third-order valence-corrected chi connectivity index (χ3v) is 6.67. The van der Waals surface area contributed by atoms with Gasteiger partial charge >= 0.3 is 0 Å². The molecule has 1 aromatic heterocycles. The number of sulfonamides is 1. The van der Waals surface area contributed by atoms with Crippen LogP contribution < -0.4 is 4.72 Å². The van der Waals surface area contributed by atoms with Crippen LogP contribution in [0.3, 0.4) is 0 Å². The zero-order valence-corrected chi connectivity index (χ0v) is 13.0. The van der Waals surface area contributed by atoms with Crippen molar-refractivity contribution >= 4 is 33.0 Å². The molecule has 2 N–H and O–H groups in total. The number of nitrogens with zero attached hydrogens (tertiary/aromatic N) is 1. The van der Waals surface area contributed by atoms with Crippen molar-refractivity contribution in [3.8, 4) is 0 Å². The van der Waals surface area contributed by atoms with E-state index in [0.29, 0.717) is 5.69 Å². The van der Waals surface area contributed by atoms with E-state index < -0.39 is 16.1 Å². The van der Waals surface area contributed by atoms with Crippen LogP contribution in [0.15, 0.2) is 4.21 Å². The molecule has 0 saturated heterocycles. The van der Waals surface area contributed by atoms with Crippen LogP contribution in [0.25, 0.3) is 0 Å². The summed E-state index contributed by atoms with van der Waals surface area (Å²) in [7, 11) is -3.58. The molecule has 1 aromatic rings. The van der Waals surface area contributed by atoms with Crippen molar-refractivity contribution in [1.82, 2.24) is 9.71 Å². The largest absolute Gasteiger partial charge is 0.393 e. The molecule has 2 rings (SSSR count). The second kappa shape index (κ2) is 6.05. The lowest BCUT2D eigenvalue weighted by molar-refractivity contribution is 0.0724. The van der Waals surface area contributed by atoms with Crippen molar-refractivity contribution in [3.05, 3.63) is 10.2 Å². The normalized spacial score (nSPS) is 24.6. The highest BCUT2D eigenvalue weighted by Gasteiger charge is 2.27. The van der Waals surface area contributed by atoms with Gasteiger partial charge in [0.25, 0.3) is 10.0 Å². The van der Waals surface area contributed by atoms with Gasteiger partial charge in [0, 0.05) is 6.54 Å². The van der Waals surface area contributed by atoms with Crippen molar-refractivity contribution in [1.29, 1.82) is 0 Å². The maximum absolute atomic E-state index is 12.1. The predicted molar refractivity (Wildman–Crippen MR) is 75.0 cm³/mol. The lowest BCUT2D eigenvalue weighted by Gasteiger charge is -2.27. The highest BCUT2D eigenvalue weighted by Crippen LogP contribution is 2.28. The Kier molecular flexibility index (Phi) is 4.84. The van der Waals surface area contributed by atoms with Crippen molar-refractivity contribution in [2.45, 2.75) is 42.9 Å². The van der Waals surface area contributed by atoms with Crippen LogP contribution >= 0.6 is 22.9 Å². The molecule has 2 unspecified atom stereocenters. The molecule has 19 heavy (non-hydrogen) atoms. The van der Waals surface area contributed by atoms with Gasteiger partial charge in [0.2, 0.25) is 0 Å².